The fourth-order valence-corrected chi connectivity index (χ4v) is 3.17. The van der Waals surface area contributed by atoms with Gasteiger partial charge in [0.1, 0.15) is 0 Å². The maximum atomic E-state index is 5.54. The van der Waals surface area contributed by atoms with E-state index in [1.165, 1.54) is 22.3 Å². The Balaban J connectivity index is 2.17. The topological polar surface area (TPSA) is 21.7 Å². The van der Waals surface area contributed by atoms with Crippen molar-refractivity contribution >= 4 is 17.7 Å². The van der Waals surface area contributed by atoms with Crippen molar-refractivity contribution in [2.75, 3.05) is 34.9 Å². The molecule has 2 aromatic rings. The summed E-state index contributed by atoms with van der Waals surface area (Å²) in [5, 5.41) is 0. The van der Waals surface area contributed by atoms with Crippen LogP contribution in [0.1, 0.15) is 28.7 Å². The lowest BCUT2D eigenvalue weighted by atomic mass is 9.92. The zero-order chi connectivity index (χ0) is 17.8. The third kappa shape index (κ3) is 3.62. The van der Waals surface area contributed by atoms with Crippen molar-refractivity contribution in [1.29, 1.82) is 0 Å². The molecule has 0 N–H and O–H groups in total. The van der Waals surface area contributed by atoms with E-state index in [9.17, 15) is 0 Å². The molecule has 130 valence electrons. The first-order valence-corrected chi connectivity index (χ1v) is 8.53. The highest BCUT2D eigenvalue weighted by Gasteiger charge is 2.18. The molecule has 0 amide bonds. The van der Waals surface area contributed by atoms with E-state index in [0.29, 0.717) is 0 Å². The van der Waals surface area contributed by atoms with Gasteiger partial charge < -0.3 is 14.4 Å². The van der Waals surface area contributed by atoms with Gasteiger partial charge in [-0.2, -0.15) is 0 Å². The molecular weight excluding hydrogens is 310 g/mol. The van der Waals surface area contributed by atoms with E-state index in [-0.39, 0.29) is 0 Å². The molecule has 0 heterocycles. The number of benzene rings is 2. The molecule has 3 heteroatoms. The molecule has 0 unspecified atom stereocenters. The molecule has 3 rings (SSSR count). The summed E-state index contributed by atoms with van der Waals surface area (Å²) in [6, 6.07) is 12.7. The third-order valence-electron chi connectivity index (χ3n) is 4.46. The van der Waals surface area contributed by atoms with Gasteiger partial charge in [-0.25, -0.2) is 0 Å². The zero-order valence-electron chi connectivity index (χ0n) is 15.4. The Morgan fingerprint density at radius 2 is 1.56 bits per heavy atom. The SMILES string of the molecule is COc1cc2c(cc1OC)/C(=C/CCN(C)C)c1ccccc1C=C2. The molecule has 0 aliphatic heterocycles. The summed E-state index contributed by atoms with van der Waals surface area (Å²) in [5.41, 5.74) is 6.05. The number of rotatable bonds is 5. The van der Waals surface area contributed by atoms with Crippen molar-refractivity contribution in [2.24, 2.45) is 0 Å². The molecule has 1 aliphatic rings. The molecule has 0 radical (unpaired) electrons. The molecule has 0 saturated heterocycles. The lowest BCUT2D eigenvalue weighted by Crippen LogP contribution is -2.12. The Labute approximate surface area is 150 Å². The first-order valence-electron chi connectivity index (χ1n) is 8.53. The molecule has 2 aromatic carbocycles. The van der Waals surface area contributed by atoms with E-state index in [0.717, 1.165) is 30.0 Å². The molecule has 0 spiro atoms. The van der Waals surface area contributed by atoms with Crippen LogP contribution in [0.2, 0.25) is 0 Å². The van der Waals surface area contributed by atoms with E-state index >= 15 is 0 Å². The summed E-state index contributed by atoms with van der Waals surface area (Å²) in [4.78, 5) is 2.20. The quantitative estimate of drug-likeness (QED) is 0.682. The number of hydrogen-bond donors (Lipinski definition) is 0. The first-order chi connectivity index (χ1) is 12.1. The summed E-state index contributed by atoms with van der Waals surface area (Å²) in [6.45, 7) is 1.02. The minimum Gasteiger partial charge on any atom is -0.493 e. The lowest BCUT2D eigenvalue weighted by molar-refractivity contribution is 0.355. The van der Waals surface area contributed by atoms with Crippen molar-refractivity contribution in [1.82, 2.24) is 4.90 Å². The Kier molecular flexibility index (Phi) is 5.25. The summed E-state index contributed by atoms with van der Waals surface area (Å²) in [5.74, 6) is 1.51. The van der Waals surface area contributed by atoms with Crippen LogP contribution in [-0.2, 0) is 0 Å². The zero-order valence-corrected chi connectivity index (χ0v) is 15.4. The van der Waals surface area contributed by atoms with E-state index < -0.39 is 0 Å². The molecular formula is C22H25NO2. The van der Waals surface area contributed by atoms with Gasteiger partial charge in [-0.05, 0) is 60.5 Å². The average Bonchev–Trinajstić information content (AvgIpc) is 2.77. The summed E-state index contributed by atoms with van der Waals surface area (Å²) in [7, 11) is 7.55. The molecule has 0 aromatic heterocycles. The van der Waals surface area contributed by atoms with Crippen molar-refractivity contribution in [2.45, 2.75) is 6.42 Å². The van der Waals surface area contributed by atoms with Gasteiger partial charge in [0.25, 0.3) is 0 Å². The average molecular weight is 335 g/mol. The maximum absolute atomic E-state index is 5.54. The van der Waals surface area contributed by atoms with Crippen LogP contribution in [-0.4, -0.2) is 39.8 Å². The first kappa shape index (κ1) is 17.3. The summed E-state index contributed by atoms with van der Waals surface area (Å²) in [6.07, 6.45) is 7.65. The van der Waals surface area contributed by atoms with Gasteiger partial charge in [0.15, 0.2) is 11.5 Å². The predicted molar refractivity (Wildman–Crippen MR) is 105 cm³/mol. The van der Waals surface area contributed by atoms with Crippen LogP contribution in [0.3, 0.4) is 0 Å². The molecule has 3 nitrogen and oxygen atoms in total. The molecule has 0 atom stereocenters. The fourth-order valence-electron chi connectivity index (χ4n) is 3.17. The molecule has 25 heavy (non-hydrogen) atoms. The van der Waals surface area contributed by atoms with Crippen molar-refractivity contribution in [3.8, 4) is 11.5 Å². The maximum Gasteiger partial charge on any atom is 0.161 e. The van der Waals surface area contributed by atoms with Crippen LogP contribution in [0.4, 0.5) is 0 Å². The van der Waals surface area contributed by atoms with Gasteiger partial charge in [-0.15, -0.1) is 0 Å². The van der Waals surface area contributed by atoms with E-state index in [2.05, 4.69) is 73.6 Å². The number of ether oxygens (including phenoxy) is 2. The number of fused-ring (bicyclic) bond motifs is 2. The van der Waals surface area contributed by atoms with Crippen LogP contribution >= 0.6 is 0 Å². The predicted octanol–water partition coefficient (Wildman–Crippen LogP) is 4.57. The van der Waals surface area contributed by atoms with Gasteiger partial charge >= 0.3 is 0 Å². The second-order valence-corrected chi connectivity index (χ2v) is 6.42. The van der Waals surface area contributed by atoms with Crippen LogP contribution in [0.5, 0.6) is 11.5 Å². The minimum absolute atomic E-state index is 0.754. The highest BCUT2D eigenvalue weighted by atomic mass is 16.5. The largest absolute Gasteiger partial charge is 0.493 e. The number of methoxy groups -OCH3 is 2. The van der Waals surface area contributed by atoms with Crippen molar-refractivity contribution in [3.05, 3.63) is 64.7 Å². The molecule has 0 bridgehead atoms. The summed E-state index contributed by atoms with van der Waals surface area (Å²) >= 11 is 0. The smallest absolute Gasteiger partial charge is 0.161 e. The Bertz CT molecular complexity index is 819. The number of hydrogen-bond acceptors (Lipinski definition) is 3. The normalized spacial score (nSPS) is 14.2. The van der Waals surface area contributed by atoms with Gasteiger partial charge in [-0.1, -0.05) is 42.5 Å². The Hall–Kier alpha value is -2.52. The molecule has 0 saturated carbocycles. The minimum atomic E-state index is 0.754. The van der Waals surface area contributed by atoms with Gasteiger partial charge in [-0.3, -0.25) is 0 Å². The highest BCUT2D eigenvalue weighted by Crippen LogP contribution is 2.39. The van der Waals surface area contributed by atoms with Crippen LogP contribution < -0.4 is 9.47 Å². The second-order valence-electron chi connectivity index (χ2n) is 6.42. The molecule has 0 fully saturated rings. The van der Waals surface area contributed by atoms with E-state index in [4.69, 9.17) is 9.47 Å². The van der Waals surface area contributed by atoms with Gasteiger partial charge in [0.2, 0.25) is 0 Å². The van der Waals surface area contributed by atoms with Gasteiger partial charge in [0, 0.05) is 6.54 Å². The second kappa shape index (κ2) is 7.58. The van der Waals surface area contributed by atoms with E-state index in [1.54, 1.807) is 14.2 Å². The Morgan fingerprint density at radius 3 is 2.28 bits per heavy atom. The fraction of sp³-hybridized carbons (Fsp3) is 0.273. The van der Waals surface area contributed by atoms with Crippen LogP contribution in [0.15, 0.2) is 42.5 Å². The van der Waals surface area contributed by atoms with Crippen LogP contribution in [0, 0.1) is 0 Å². The Morgan fingerprint density at radius 1 is 0.880 bits per heavy atom. The standard InChI is InChI=1S/C22H25NO2/c1-23(2)13-7-10-19-18-9-6-5-8-16(18)11-12-17-14-21(24-3)22(25-4)15-20(17)19/h5-6,8-12,14-15H,7,13H2,1-4H3/b19-10+. The molecule has 1 aliphatic carbocycles. The van der Waals surface area contributed by atoms with Crippen molar-refractivity contribution in [3.63, 3.8) is 0 Å². The van der Waals surface area contributed by atoms with E-state index in [1.807, 2.05) is 0 Å². The van der Waals surface area contributed by atoms with Crippen LogP contribution in [0.25, 0.3) is 17.7 Å². The summed E-state index contributed by atoms with van der Waals surface area (Å²) < 4.78 is 11.0. The highest BCUT2D eigenvalue weighted by molar-refractivity contribution is 5.94. The monoisotopic (exact) mass is 335 g/mol. The lowest BCUT2D eigenvalue weighted by Gasteiger charge is -2.16. The van der Waals surface area contributed by atoms with Gasteiger partial charge in [0.05, 0.1) is 14.2 Å². The van der Waals surface area contributed by atoms with Crippen molar-refractivity contribution < 1.29 is 9.47 Å². The number of nitrogens with zero attached hydrogens (tertiary/aromatic N) is 1. The third-order valence-corrected chi connectivity index (χ3v) is 4.46.